The topological polar surface area (TPSA) is 84.9 Å². The van der Waals surface area contributed by atoms with E-state index in [1.807, 2.05) is 12.1 Å². The average molecular weight is 257 g/mol. The third-order valence-electron chi connectivity index (χ3n) is 4.24. The first-order valence-corrected chi connectivity index (χ1v) is 6.34. The Morgan fingerprint density at radius 3 is 2.84 bits per heavy atom. The second kappa shape index (κ2) is 3.97. The Kier molecular flexibility index (Phi) is 2.51. The third kappa shape index (κ3) is 1.60. The molecule has 19 heavy (non-hydrogen) atoms. The zero-order valence-electron chi connectivity index (χ0n) is 10.7. The predicted molar refractivity (Wildman–Crippen MR) is 70.3 cm³/mol. The summed E-state index contributed by atoms with van der Waals surface area (Å²) in [6.07, 6.45) is 2.73. The maximum atomic E-state index is 11.5. The molecule has 5 heteroatoms. The standard InChI is InChI=1S/C14H15N3O2/c1-17-10-7-9(3-4-11(10)19-13(17)18)12(16)14(8-15)5-2-6-14/h3-4,7,12H,2,5-6,16H2,1H3. The lowest BCUT2D eigenvalue weighted by Gasteiger charge is -2.40. The average Bonchev–Trinajstić information content (AvgIpc) is 2.64. The molecule has 1 saturated carbocycles. The van der Waals surface area contributed by atoms with Crippen LogP contribution in [0.4, 0.5) is 0 Å². The highest BCUT2D eigenvalue weighted by molar-refractivity contribution is 5.74. The van der Waals surface area contributed by atoms with Gasteiger partial charge in [-0.2, -0.15) is 5.26 Å². The fourth-order valence-corrected chi connectivity index (χ4v) is 2.71. The first-order valence-electron chi connectivity index (χ1n) is 6.34. The van der Waals surface area contributed by atoms with Crippen molar-refractivity contribution in [3.63, 3.8) is 0 Å². The van der Waals surface area contributed by atoms with Gasteiger partial charge in [0.2, 0.25) is 0 Å². The van der Waals surface area contributed by atoms with Crippen LogP contribution < -0.4 is 11.5 Å². The Morgan fingerprint density at radius 1 is 1.53 bits per heavy atom. The molecule has 1 aromatic heterocycles. The summed E-state index contributed by atoms with van der Waals surface area (Å²) in [6.45, 7) is 0. The number of rotatable bonds is 2. The van der Waals surface area contributed by atoms with Crippen molar-refractivity contribution < 1.29 is 4.42 Å². The summed E-state index contributed by atoms with van der Waals surface area (Å²) >= 11 is 0. The van der Waals surface area contributed by atoms with Crippen LogP contribution in [0.15, 0.2) is 27.4 Å². The van der Waals surface area contributed by atoms with Crippen molar-refractivity contribution in [1.29, 1.82) is 5.26 Å². The van der Waals surface area contributed by atoms with Crippen LogP contribution in [0.25, 0.3) is 11.1 Å². The molecule has 2 N–H and O–H groups in total. The van der Waals surface area contributed by atoms with Gasteiger partial charge in [-0.25, -0.2) is 4.79 Å². The van der Waals surface area contributed by atoms with Gasteiger partial charge in [-0.1, -0.05) is 12.5 Å². The SMILES string of the molecule is Cn1c(=O)oc2ccc(C(N)C3(C#N)CCC3)cc21. The van der Waals surface area contributed by atoms with Crippen LogP contribution in [0.2, 0.25) is 0 Å². The van der Waals surface area contributed by atoms with E-state index in [4.69, 9.17) is 10.2 Å². The summed E-state index contributed by atoms with van der Waals surface area (Å²) in [7, 11) is 1.66. The Balaban J connectivity index is 2.08. The van der Waals surface area contributed by atoms with Gasteiger partial charge in [-0.05, 0) is 30.5 Å². The van der Waals surface area contributed by atoms with E-state index in [1.165, 1.54) is 4.57 Å². The largest absolute Gasteiger partial charge is 0.419 e. The lowest BCUT2D eigenvalue weighted by Crippen LogP contribution is -2.39. The van der Waals surface area contributed by atoms with Crippen molar-refractivity contribution in [3.8, 4) is 6.07 Å². The maximum Gasteiger partial charge on any atom is 0.419 e. The third-order valence-corrected chi connectivity index (χ3v) is 4.24. The first kappa shape index (κ1) is 12.0. The highest BCUT2D eigenvalue weighted by atomic mass is 16.4. The van der Waals surface area contributed by atoms with Crippen LogP contribution in [0.1, 0.15) is 30.9 Å². The summed E-state index contributed by atoms with van der Waals surface area (Å²) in [5.41, 5.74) is 7.94. The van der Waals surface area contributed by atoms with E-state index in [0.717, 1.165) is 24.8 Å². The maximum absolute atomic E-state index is 11.5. The zero-order chi connectivity index (χ0) is 13.6. The van der Waals surface area contributed by atoms with Crippen molar-refractivity contribution in [1.82, 2.24) is 4.57 Å². The first-order chi connectivity index (χ1) is 9.07. The van der Waals surface area contributed by atoms with Gasteiger partial charge in [0.05, 0.1) is 17.0 Å². The molecule has 5 nitrogen and oxygen atoms in total. The fourth-order valence-electron chi connectivity index (χ4n) is 2.71. The van der Waals surface area contributed by atoms with Crippen molar-refractivity contribution >= 4 is 11.1 Å². The molecule has 2 aromatic rings. The Labute approximate surface area is 110 Å². The quantitative estimate of drug-likeness (QED) is 0.889. The molecule has 1 aliphatic rings. The van der Waals surface area contributed by atoms with Gasteiger partial charge in [-0.15, -0.1) is 0 Å². The Morgan fingerprint density at radius 2 is 2.26 bits per heavy atom. The highest BCUT2D eigenvalue weighted by Gasteiger charge is 2.43. The van der Waals surface area contributed by atoms with Crippen LogP contribution >= 0.6 is 0 Å². The van der Waals surface area contributed by atoms with Crippen molar-refractivity contribution in [2.45, 2.75) is 25.3 Å². The molecule has 1 aliphatic carbocycles. The second-order valence-corrected chi connectivity index (χ2v) is 5.25. The molecule has 1 unspecified atom stereocenters. The monoisotopic (exact) mass is 257 g/mol. The number of aryl methyl sites for hydroxylation is 1. The number of oxazole rings is 1. The lowest BCUT2D eigenvalue weighted by molar-refractivity contribution is 0.169. The molecular formula is C14H15N3O2. The van der Waals surface area contributed by atoms with Crippen LogP contribution in [0.5, 0.6) is 0 Å². The lowest BCUT2D eigenvalue weighted by atomic mass is 9.64. The molecule has 3 rings (SSSR count). The fraction of sp³-hybridized carbons (Fsp3) is 0.429. The second-order valence-electron chi connectivity index (χ2n) is 5.25. The molecule has 1 fully saturated rings. The minimum Gasteiger partial charge on any atom is -0.408 e. The molecule has 0 spiro atoms. The van der Waals surface area contributed by atoms with Crippen LogP contribution in [0, 0.1) is 16.7 Å². The summed E-state index contributed by atoms with van der Waals surface area (Å²) < 4.78 is 6.54. The molecule has 98 valence electrons. The number of nitrogens with zero attached hydrogens (tertiary/aromatic N) is 2. The number of hydrogen-bond acceptors (Lipinski definition) is 4. The summed E-state index contributed by atoms with van der Waals surface area (Å²) in [5, 5.41) is 9.34. The smallest absolute Gasteiger partial charge is 0.408 e. The van der Waals surface area contributed by atoms with E-state index >= 15 is 0 Å². The number of aromatic nitrogens is 1. The normalized spacial score (nSPS) is 18.8. The molecular weight excluding hydrogens is 242 g/mol. The Bertz CT molecular complexity index is 731. The number of fused-ring (bicyclic) bond motifs is 1. The number of hydrogen-bond donors (Lipinski definition) is 1. The van der Waals surface area contributed by atoms with Gasteiger partial charge in [0.1, 0.15) is 0 Å². The molecule has 0 bridgehead atoms. The van der Waals surface area contributed by atoms with Crippen molar-refractivity contribution in [2.24, 2.45) is 18.2 Å². The van der Waals surface area contributed by atoms with Crippen molar-refractivity contribution in [3.05, 3.63) is 34.3 Å². The number of nitriles is 1. The van der Waals surface area contributed by atoms with Gasteiger partial charge in [-0.3, -0.25) is 4.57 Å². The molecule has 0 saturated heterocycles. The predicted octanol–water partition coefficient (Wildman–Crippen LogP) is 1.83. The van der Waals surface area contributed by atoms with Gasteiger partial charge >= 0.3 is 5.76 Å². The molecule has 0 aliphatic heterocycles. The van der Waals surface area contributed by atoms with E-state index in [-0.39, 0.29) is 11.8 Å². The number of benzene rings is 1. The van der Waals surface area contributed by atoms with Gasteiger partial charge < -0.3 is 10.2 Å². The summed E-state index contributed by atoms with van der Waals surface area (Å²) in [4.78, 5) is 11.5. The van der Waals surface area contributed by atoms with Gasteiger partial charge in [0.15, 0.2) is 5.58 Å². The molecule has 0 amide bonds. The van der Waals surface area contributed by atoms with Crippen molar-refractivity contribution in [2.75, 3.05) is 0 Å². The Hall–Kier alpha value is -2.06. The van der Waals surface area contributed by atoms with E-state index < -0.39 is 5.41 Å². The molecule has 0 radical (unpaired) electrons. The van der Waals surface area contributed by atoms with Gasteiger partial charge in [0.25, 0.3) is 0 Å². The van der Waals surface area contributed by atoms with Crippen LogP contribution in [-0.4, -0.2) is 4.57 Å². The number of nitrogens with two attached hydrogens (primary N) is 1. The van der Waals surface area contributed by atoms with E-state index in [1.54, 1.807) is 13.1 Å². The van der Waals surface area contributed by atoms with E-state index in [9.17, 15) is 10.1 Å². The summed E-state index contributed by atoms with van der Waals surface area (Å²) in [5.74, 6) is -0.389. The van der Waals surface area contributed by atoms with E-state index in [2.05, 4.69) is 6.07 Å². The van der Waals surface area contributed by atoms with Gasteiger partial charge in [0, 0.05) is 13.1 Å². The summed E-state index contributed by atoms with van der Waals surface area (Å²) in [6, 6.07) is 7.48. The zero-order valence-corrected chi connectivity index (χ0v) is 10.7. The molecule has 1 heterocycles. The van der Waals surface area contributed by atoms with Crippen LogP contribution in [-0.2, 0) is 7.05 Å². The minimum atomic E-state index is -0.448. The molecule has 1 aromatic carbocycles. The highest BCUT2D eigenvalue weighted by Crippen LogP contribution is 2.48. The molecule has 1 atom stereocenters. The van der Waals surface area contributed by atoms with Crippen LogP contribution in [0.3, 0.4) is 0 Å². The minimum absolute atomic E-state index is 0.319. The van der Waals surface area contributed by atoms with E-state index in [0.29, 0.717) is 11.1 Å².